The Bertz CT molecular complexity index is 662. The number of carbonyl (C=O) groups is 1. The van der Waals surface area contributed by atoms with Crippen LogP contribution in [-0.4, -0.2) is 38.6 Å². The highest BCUT2D eigenvalue weighted by Crippen LogP contribution is 2.19. The summed E-state index contributed by atoms with van der Waals surface area (Å²) in [5, 5.41) is 9.41. The molecule has 1 aliphatic heterocycles. The Kier molecular flexibility index (Phi) is 3.88. The number of carbonyl (C=O) groups excluding carboxylic acids is 1. The first kappa shape index (κ1) is 14.0. The number of aliphatic hydroxyl groups is 1. The molecule has 1 N–H and O–H groups in total. The lowest BCUT2D eigenvalue weighted by Crippen LogP contribution is -2.38. The molecule has 6 heteroatoms. The second-order valence-corrected chi connectivity index (χ2v) is 5.35. The molecule has 0 radical (unpaired) electrons. The van der Waals surface area contributed by atoms with Gasteiger partial charge in [-0.15, -0.1) is 0 Å². The number of amides is 1. The number of hydrogen-bond acceptors (Lipinski definition) is 3. The second-order valence-electron chi connectivity index (χ2n) is 5.35. The monoisotopic (exact) mass is 291 g/mol. The van der Waals surface area contributed by atoms with E-state index in [9.17, 15) is 14.3 Å². The zero-order valence-electron chi connectivity index (χ0n) is 11.8. The van der Waals surface area contributed by atoms with E-state index in [0.717, 1.165) is 25.9 Å². The van der Waals surface area contributed by atoms with E-state index in [1.807, 2.05) is 4.90 Å². The van der Waals surface area contributed by atoms with Gasteiger partial charge < -0.3 is 14.6 Å². The predicted molar refractivity (Wildman–Crippen MR) is 76.0 cm³/mol. The maximum atomic E-state index is 13.2. The lowest BCUT2D eigenvalue weighted by Gasteiger charge is -2.27. The molecule has 1 aliphatic rings. The summed E-state index contributed by atoms with van der Waals surface area (Å²) >= 11 is 0. The van der Waals surface area contributed by atoms with Gasteiger partial charge in [-0.25, -0.2) is 9.37 Å². The number of likely N-dealkylation sites (tertiary alicyclic amines) is 1. The molecule has 0 spiro atoms. The molecule has 2 heterocycles. The average molecular weight is 291 g/mol. The number of piperidine rings is 1. The minimum Gasteiger partial charge on any atom is -0.388 e. The third kappa shape index (κ3) is 2.76. The molecule has 0 saturated carbocycles. The van der Waals surface area contributed by atoms with Crippen molar-refractivity contribution in [3.8, 4) is 0 Å². The molecule has 1 amide bonds. The summed E-state index contributed by atoms with van der Waals surface area (Å²) in [4.78, 5) is 18.4. The van der Waals surface area contributed by atoms with Gasteiger partial charge in [-0.2, -0.15) is 0 Å². The fourth-order valence-electron chi connectivity index (χ4n) is 2.83. The Morgan fingerprint density at radius 1 is 1.29 bits per heavy atom. The first-order valence-corrected chi connectivity index (χ1v) is 7.22. The van der Waals surface area contributed by atoms with Crippen molar-refractivity contribution in [2.45, 2.75) is 32.4 Å². The smallest absolute Gasteiger partial charge is 0.242 e. The Morgan fingerprint density at radius 3 is 2.76 bits per heavy atom. The van der Waals surface area contributed by atoms with E-state index in [2.05, 4.69) is 4.98 Å². The van der Waals surface area contributed by atoms with Crippen molar-refractivity contribution in [1.29, 1.82) is 0 Å². The standard InChI is InChI=1S/C15H18FN3O2/c16-11-4-5-13-12(8-11)17-14(10-20)19(13)9-15(21)18-6-2-1-3-7-18/h4-5,8,20H,1-3,6-7,9-10H2. The number of benzene rings is 1. The number of fused-ring (bicyclic) bond motifs is 1. The zero-order chi connectivity index (χ0) is 14.8. The highest BCUT2D eigenvalue weighted by Gasteiger charge is 2.19. The minimum absolute atomic E-state index is 0.0213. The number of hydrogen-bond donors (Lipinski definition) is 1. The van der Waals surface area contributed by atoms with Crippen LogP contribution in [0.25, 0.3) is 11.0 Å². The van der Waals surface area contributed by atoms with Gasteiger partial charge in [-0.05, 0) is 31.4 Å². The lowest BCUT2D eigenvalue weighted by molar-refractivity contribution is -0.132. The van der Waals surface area contributed by atoms with E-state index in [1.54, 1.807) is 10.6 Å². The molecule has 2 aromatic rings. The quantitative estimate of drug-likeness (QED) is 0.936. The molecule has 5 nitrogen and oxygen atoms in total. The van der Waals surface area contributed by atoms with E-state index >= 15 is 0 Å². The number of nitrogens with zero attached hydrogens (tertiary/aromatic N) is 3. The Morgan fingerprint density at radius 2 is 2.05 bits per heavy atom. The van der Waals surface area contributed by atoms with Crippen LogP contribution < -0.4 is 0 Å². The number of aromatic nitrogens is 2. The summed E-state index contributed by atoms with van der Waals surface area (Å²) in [6.45, 7) is 1.44. The van der Waals surface area contributed by atoms with Gasteiger partial charge in [0.15, 0.2) is 0 Å². The van der Waals surface area contributed by atoms with Crippen LogP contribution in [0, 0.1) is 5.82 Å². The van der Waals surface area contributed by atoms with Gasteiger partial charge in [0.05, 0.1) is 11.0 Å². The Labute approximate surface area is 122 Å². The van der Waals surface area contributed by atoms with Crippen LogP contribution in [0.1, 0.15) is 25.1 Å². The van der Waals surface area contributed by atoms with Gasteiger partial charge in [-0.3, -0.25) is 4.79 Å². The van der Waals surface area contributed by atoms with Crippen LogP contribution in [0.4, 0.5) is 4.39 Å². The van der Waals surface area contributed by atoms with Crippen molar-refractivity contribution in [3.63, 3.8) is 0 Å². The molecule has 1 aromatic carbocycles. The maximum absolute atomic E-state index is 13.2. The molecule has 0 atom stereocenters. The number of halogens is 1. The van der Waals surface area contributed by atoms with E-state index in [4.69, 9.17) is 0 Å². The molecule has 1 saturated heterocycles. The summed E-state index contributed by atoms with van der Waals surface area (Å²) in [7, 11) is 0. The average Bonchev–Trinajstić information content (AvgIpc) is 2.85. The van der Waals surface area contributed by atoms with Gasteiger partial charge >= 0.3 is 0 Å². The first-order valence-electron chi connectivity index (χ1n) is 7.22. The number of rotatable bonds is 3. The molecule has 1 aromatic heterocycles. The first-order chi connectivity index (χ1) is 10.2. The van der Waals surface area contributed by atoms with E-state index in [1.165, 1.54) is 18.6 Å². The normalized spacial score (nSPS) is 15.6. The number of imidazole rings is 1. The molecular formula is C15H18FN3O2. The molecule has 3 rings (SSSR count). The molecule has 0 aliphatic carbocycles. The third-order valence-corrected chi connectivity index (χ3v) is 3.93. The topological polar surface area (TPSA) is 58.4 Å². The summed E-state index contributed by atoms with van der Waals surface area (Å²) in [5.41, 5.74) is 1.14. The van der Waals surface area contributed by atoms with E-state index in [-0.39, 0.29) is 24.9 Å². The maximum Gasteiger partial charge on any atom is 0.242 e. The summed E-state index contributed by atoms with van der Waals surface area (Å²) in [6, 6.07) is 4.25. The molecule has 1 fully saturated rings. The molecular weight excluding hydrogens is 273 g/mol. The van der Waals surface area contributed by atoms with Crippen LogP contribution in [0.3, 0.4) is 0 Å². The van der Waals surface area contributed by atoms with Crippen molar-refractivity contribution in [2.24, 2.45) is 0 Å². The van der Waals surface area contributed by atoms with Crippen molar-refractivity contribution in [1.82, 2.24) is 14.5 Å². The highest BCUT2D eigenvalue weighted by atomic mass is 19.1. The van der Waals surface area contributed by atoms with Gasteiger partial charge in [0, 0.05) is 19.2 Å². The van der Waals surface area contributed by atoms with Crippen molar-refractivity contribution in [3.05, 3.63) is 29.8 Å². The fourth-order valence-corrected chi connectivity index (χ4v) is 2.83. The van der Waals surface area contributed by atoms with Gasteiger partial charge in [0.25, 0.3) is 0 Å². The second kappa shape index (κ2) is 5.81. The lowest BCUT2D eigenvalue weighted by atomic mass is 10.1. The molecule has 112 valence electrons. The van der Waals surface area contributed by atoms with Gasteiger partial charge in [0.1, 0.15) is 24.8 Å². The molecule has 0 bridgehead atoms. The van der Waals surface area contributed by atoms with Crippen LogP contribution >= 0.6 is 0 Å². The highest BCUT2D eigenvalue weighted by molar-refractivity contribution is 5.81. The number of aliphatic hydroxyl groups excluding tert-OH is 1. The van der Waals surface area contributed by atoms with Crippen molar-refractivity contribution < 1.29 is 14.3 Å². The van der Waals surface area contributed by atoms with Crippen LogP contribution in [0.15, 0.2) is 18.2 Å². The van der Waals surface area contributed by atoms with Crippen molar-refractivity contribution in [2.75, 3.05) is 13.1 Å². The largest absolute Gasteiger partial charge is 0.388 e. The van der Waals surface area contributed by atoms with E-state index < -0.39 is 0 Å². The minimum atomic E-state index is -0.376. The predicted octanol–water partition coefficient (Wildman–Crippen LogP) is 1.68. The van der Waals surface area contributed by atoms with E-state index in [0.29, 0.717) is 16.9 Å². The summed E-state index contributed by atoms with van der Waals surface area (Å²) in [5.74, 6) is 0.0352. The van der Waals surface area contributed by atoms with Crippen LogP contribution in [0.2, 0.25) is 0 Å². The fraction of sp³-hybridized carbons (Fsp3) is 0.467. The van der Waals surface area contributed by atoms with Crippen LogP contribution in [-0.2, 0) is 17.9 Å². The Hall–Kier alpha value is -1.95. The summed E-state index contributed by atoms with van der Waals surface area (Å²) < 4.78 is 14.9. The van der Waals surface area contributed by atoms with Crippen LogP contribution in [0.5, 0.6) is 0 Å². The SMILES string of the molecule is O=C(Cn1c(CO)nc2cc(F)ccc21)N1CCCCC1. The molecule has 21 heavy (non-hydrogen) atoms. The van der Waals surface area contributed by atoms with Crippen molar-refractivity contribution >= 4 is 16.9 Å². The van der Waals surface area contributed by atoms with Gasteiger partial charge in [-0.1, -0.05) is 0 Å². The zero-order valence-corrected chi connectivity index (χ0v) is 11.8. The molecule has 0 unspecified atom stereocenters. The van der Waals surface area contributed by atoms with Gasteiger partial charge in [0.2, 0.25) is 5.91 Å². The third-order valence-electron chi connectivity index (χ3n) is 3.93. The Balaban J connectivity index is 1.89. The summed E-state index contributed by atoms with van der Waals surface area (Å²) in [6.07, 6.45) is 3.24.